The van der Waals surface area contributed by atoms with Crippen LogP contribution in [-0.2, 0) is 14.3 Å². The van der Waals surface area contributed by atoms with Crippen molar-refractivity contribution in [1.29, 1.82) is 0 Å². The zero-order valence-electron chi connectivity index (χ0n) is 20.5. The second-order valence-corrected chi connectivity index (χ2v) is 10.4. The summed E-state index contributed by atoms with van der Waals surface area (Å²) in [4.78, 5) is 26.5. The van der Waals surface area contributed by atoms with Crippen molar-refractivity contribution in [2.75, 3.05) is 6.54 Å². The first-order chi connectivity index (χ1) is 15.2. The van der Waals surface area contributed by atoms with Crippen molar-refractivity contribution in [2.45, 2.75) is 78.7 Å². The number of ether oxygens (including phenoxy) is 1. The molecule has 1 aromatic carbocycles. The van der Waals surface area contributed by atoms with Crippen molar-refractivity contribution >= 4 is 18.0 Å². The summed E-state index contributed by atoms with van der Waals surface area (Å²) in [6.45, 7) is 10.5. The van der Waals surface area contributed by atoms with Gasteiger partial charge in [-0.15, -0.1) is 0 Å². The standard InChI is InChI=1S/C27H42N2O3/c1-20(2)19-28-29-25(30)24(18-22-14-9-10-15-22)23(26(31)32-27(3,4)5)17-11-16-21-12-7-6-8-13-21/h6-8,11-13,16,20,22-24,28H,9-10,14-15,17-19H2,1-5H3,(H,29,30)/b16-11+/t23-,24+/m0/s1. The van der Waals surface area contributed by atoms with Crippen molar-refractivity contribution in [3.63, 3.8) is 0 Å². The molecule has 2 atom stereocenters. The summed E-state index contributed by atoms with van der Waals surface area (Å²) in [7, 11) is 0. The van der Waals surface area contributed by atoms with Gasteiger partial charge in [-0.25, -0.2) is 5.43 Å². The number of hydrogen-bond donors (Lipinski definition) is 2. The lowest BCUT2D eigenvalue weighted by atomic mass is 9.81. The lowest BCUT2D eigenvalue weighted by molar-refractivity contribution is -0.164. The molecule has 1 amide bonds. The molecule has 0 bridgehead atoms. The maximum atomic E-state index is 13.3. The molecule has 0 aliphatic heterocycles. The van der Waals surface area contributed by atoms with E-state index in [1.54, 1.807) is 0 Å². The van der Waals surface area contributed by atoms with Gasteiger partial charge in [-0.2, -0.15) is 0 Å². The van der Waals surface area contributed by atoms with E-state index in [1.165, 1.54) is 12.8 Å². The number of rotatable bonds is 11. The molecule has 1 saturated carbocycles. The molecular formula is C27H42N2O3. The number of amides is 1. The molecule has 0 heterocycles. The molecule has 5 heteroatoms. The summed E-state index contributed by atoms with van der Waals surface area (Å²) in [6.07, 6.45) is 9.87. The number of esters is 1. The van der Waals surface area contributed by atoms with Crippen molar-refractivity contribution in [2.24, 2.45) is 23.7 Å². The molecule has 2 rings (SSSR count). The Hall–Kier alpha value is -2.14. The first-order valence-electron chi connectivity index (χ1n) is 12.1. The van der Waals surface area contributed by atoms with Crippen LogP contribution < -0.4 is 10.9 Å². The Labute approximate surface area is 194 Å². The van der Waals surface area contributed by atoms with E-state index < -0.39 is 17.4 Å². The van der Waals surface area contributed by atoms with E-state index in [-0.39, 0.29) is 11.9 Å². The average Bonchev–Trinajstić information content (AvgIpc) is 3.22. The summed E-state index contributed by atoms with van der Waals surface area (Å²) in [5, 5.41) is 0. The number of hydrogen-bond acceptors (Lipinski definition) is 4. The highest BCUT2D eigenvalue weighted by Gasteiger charge is 2.37. The summed E-state index contributed by atoms with van der Waals surface area (Å²) < 4.78 is 5.77. The minimum absolute atomic E-state index is 0.110. The highest BCUT2D eigenvalue weighted by Crippen LogP contribution is 2.35. The highest BCUT2D eigenvalue weighted by atomic mass is 16.6. The van der Waals surface area contributed by atoms with Crippen LogP contribution in [-0.4, -0.2) is 24.0 Å². The molecular weight excluding hydrogens is 400 g/mol. The fourth-order valence-electron chi connectivity index (χ4n) is 4.21. The van der Waals surface area contributed by atoms with Crippen LogP contribution in [0.15, 0.2) is 36.4 Å². The second kappa shape index (κ2) is 12.8. The normalized spacial score (nSPS) is 16.9. The van der Waals surface area contributed by atoms with Crippen molar-refractivity contribution in [3.8, 4) is 0 Å². The van der Waals surface area contributed by atoms with Gasteiger partial charge in [0.2, 0.25) is 5.91 Å². The van der Waals surface area contributed by atoms with E-state index in [9.17, 15) is 9.59 Å². The number of benzene rings is 1. The third-order valence-corrected chi connectivity index (χ3v) is 5.82. The van der Waals surface area contributed by atoms with Crippen LogP contribution in [0.4, 0.5) is 0 Å². The molecule has 1 fully saturated rings. The van der Waals surface area contributed by atoms with Crippen LogP contribution in [0.2, 0.25) is 0 Å². The van der Waals surface area contributed by atoms with Gasteiger partial charge in [0.1, 0.15) is 5.60 Å². The van der Waals surface area contributed by atoms with Gasteiger partial charge in [-0.1, -0.05) is 82.0 Å². The first-order valence-corrected chi connectivity index (χ1v) is 12.1. The third kappa shape index (κ3) is 9.56. The topological polar surface area (TPSA) is 67.4 Å². The van der Waals surface area contributed by atoms with Gasteiger partial charge in [0.15, 0.2) is 0 Å². The van der Waals surface area contributed by atoms with Gasteiger partial charge >= 0.3 is 5.97 Å². The van der Waals surface area contributed by atoms with Gasteiger partial charge in [0.05, 0.1) is 11.8 Å². The van der Waals surface area contributed by atoms with E-state index in [4.69, 9.17) is 4.74 Å². The van der Waals surface area contributed by atoms with E-state index in [1.807, 2.05) is 63.3 Å². The Bertz CT molecular complexity index is 731. The van der Waals surface area contributed by atoms with Crippen LogP contribution in [0.5, 0.6) is 0 Å². The molecule has 0 aromatic heterocycles. The third-order valence-electron chi connectivity index (χ3n) is 5.82. The molecule has 0 unspecified atom stereocenters. The van der Waals surface area contributed by atoms with E-state index >= 15 is 0 Å². The lowest BCUT2D eigenvalue weighted by Crippen LogP contribution is -2.47. The maximum Gasteiger partial charge on any atom is 0.310 e. The predicted octanol–water partition coefficient (Wildman–Crippen LogP) is 5.52. The largest absolute Gasteiger partial charge is 0.460 e. The Morgan fingerprint density at radius 1 is 1.09 bits per heavy atom. The van der Waals surface area contributed by atoms with Crippen LogP contribution in [0.3, 0.4) is 0 Å². The zero-order valence-corrected chi connectivity index (χ0v) is 20.5. The molecule has 178 valence electrons. The monoisotopic (exact) mass is 442 g/mol. The Morgan fingerprint density at radius 2 is 1.75 bits per heavy atom. The van der Waals surface area contributed by atoms with Gasteiger partial charge in [-0.05, 0) is 51.0 Å². The van der Waals surface area contributed by atoms with Crippen LogP contribution in [0, 0.1) is 23.7 Å². The molecule has 1 aliphatic carbocycles. The molecule has 32 heavy (non-hydrogen) atoms. The number of allylic oxidation sites excluding steroid dienone is 1. The Kier molecular flexibility index (Phi) is 10.4. The van der Waals surface area contributed by atoms with E-state index in [2.05, 4.69) is 24.7 Å². The smallest absolute Gasteiger partial charge is 0.310 e. The first kappa shape index (κ1) is 26.1. The zero-order chi connectivity index (χ0) is 23.6. The van der Waals surface area contributed by atoms with Gasteiger partial charge in [0.25, 0.3) is 0 Å². The molecule has 2 N–H and O–H groups in total. The van der Waals surface area contributed by atoms with Gasteiger partial charge in [0, 0.05) is 6.54 Å². The summed E-state index contributed by atoms with van der Waals surface area (Å²) in [5.41, 5.74) is 6.40. The van der Waals surface area contributed by atoms with Gasteiger partial charge in [-0.3, -0.25) is 15.0 Å². The van der Waals surface area contributed by atoms with Crippen LogP contribution >= 0.6 is 0 Å². The summed E-state index contributed by atoms with van der Waals surface area (Å²) in [6, 6.07) is 10.0. The van der Waals surface area contributed by atoms with Crippen LogP contribution in [0.25, 0.3) is 6.08 Å². The van der Waals surface area contributed by atoms with E-state index in [0.29, 0.717) is 24.8 Å². The molecule has 1 aliphatic rings. The fourth-order valence-corrected chi connectivity index (χ4v) is 4.21. The number of carbonyl (C=O) groups excluding carboxylic acids is 2. The summed E-state index contributed by atoms with van der Waals surface area (Å²) >= 11 is 0. The maximum absolute atomic E-state index is 13.3. The number of carbonyl (C=O) groups is 2. The SMILES string of the molecule is CC(C)CNNC(=O)[C@H](CC1CCCC1)[C@H](C/C=C/c1ccccc1)C(=O)OC(C)(C)C. The van der Waals surface area contributed by atoms with Crippen molar-refractivity contribution in [1.82, 2.24) is 10.9 Å². The predicted molar refractivity (Wildman–Crippen MR) is 130 cm³/mol. The second-order valence-electron chi connectivity index (χ2n) is 10.4. The van der Waals surface area contributed by atoms with Crippen molar-refractivity contribution in [3.05, 3.63) is 42.0 Å². The molecule has 0 saturated heterocycles. The van der Waals surface area contributed by atoms with Gasteiger partial charge < -0.3 is 4.74 Å². The molecule has 0 spiro atoms. The van der Waals surface area contributed by atoms with Crippen LogP contribution in [0.1, 0.15) is 78.7 Å². The quantitative estimate of drug-likeness (QED) is 0.350. The molecule has 0 radical (unpaired) electrons. The number of nitrogens with one attached hydrogen (secondary N) is 2. The minimum Gasteiger partial charge on any atom is -0.460 e. The average molecular weight is 443 g/mol. The summed E-state index contributed by atoms with van der Waals surface area (Å²) in [5.74, 6) is -0.444. The lowest BCUT2D eigenvalue weighted by Gasteiger charge is -2.29. The van der Waals surface area contributed by atoms with Crippen molar-refractivity contribution < 1.29 is 14.3 Å². The van der Waals surface area contributed by atoms with E-state index in [0.717, 1.165) is 24.8 Å². The Balaban J connectivity index is 2.22. The molecule has 5 nitrogen and oxygen atoms in total. The minimum atomic E-state index is -0.594. The Morgan fingerprint density at radius 3 is 2.34 bits per heavy atom. The fraction of sp³-hybridized carbons (Fsp3) is 0.630. The highest BCUT2D eigenvalue weighted by molar-refractivity contribution is 5.85. The molecule has 1 aromatic rings. The number of hydrazine groups is 1.